The second-order valence-electron chi connectivity index (χ2n) is 6.95. The summed E-state index contributed by atoms with van der Waals surface area (Å²) < 4.78 is 0.805. The van der Waals surface area contributed by atoms with Gasteiger partial charge < -0.3 is 5.32 Å². The molecule has 3 aromatic rings. The van der Waals surface area contributed by atoms with E-state index in [4.69, 9.17) is 0 Å². The second-order valence-corrected chi connectivity index (χ2v) is 7.80. The van der Waals surface area contributed by atoms with Gasteiger partial charge in [0.25, 0.3) is 5.91 Å². The first-order chi connectivity index (χ1) is 14.6. The Morgan fingerprint density at radius 1 is 0.933 bits per heavy atom. The van der Waals surface area contributed by atoms with Crippen molar-refractivity contribution in [2.45, 2.75) is 18.5 Å². The normalized spacial score (nSPS) is 17.5. The van der Waals surface area contributed by atoms with Crippen molar-refractivity contribution >= 4 is 33.4 Å². The lowest BCUT2D eigenvalue weighted by Gasteiger charge is -2.44. The van der Waals surface area contributed by atoms with Crippen molar-refractivity contribution in [2.24, 2.45) is 0 Å². The van der Waals surface area contributed by atoms with Crippen LogP contribution in [0, 0.1) is 11.8 Å². The number of carbonyl (C=O) groups is 2. The lowest BCUT2D eigenvalue weighted by Crippen LogP contribution is -2.71. The van der Waals surface area contributed by atoms with E-state index >= 15 is 0 Å². The van der Waals surface area contributed by atoms with Gasteiger partial charge in [-0.1, -0.05) is 72.5 Å². The first-order valence-corrected chi connectivity index (χ1v) is 10.4. The first kappa shape index (κ1) is 19.9. The van der Waals surface area contributed by atoms with Crippen LogP contribution in [-0.4, -0.2) is 23.9 Å². The maximum absolute atomic E-state index is 12.9. The molecule has 0 unspecified atom stereocenters. The number of anilines is 1. The van der Waals surface area contributed by atoms with E-state index in [0.717, 1.165) is 21.3 Å². The fourth-order valence-electron chi connectivity index (χ4n) is 3.38. The minimum Gasteiger partial charge on any atom is -0.341 e. The van der Waals surface area contributed by atoms with E-state index in [1.807, 2.05) is 84.9 Å². The van der Waals surface area contributed by atoms with Crippen molar-refractivity contribution < 1.29 is 9.59 Å². The Morgan fingerprint density at radius 3 is 2.27 bits per heavy atom. The molecule has 4 nitrogen and oxygen atoms in total. The number of nitrogens with one attached hydrogen (secondary N) is 1. The van der Waals surface area contributed by atoms with Gasteiger partial charge in [0.1, 0.15) is 12.1 Å². The Kier molecular flexibility index (Phi) is 5.97. The number of halogens is 1. The van der Waals surface area contributed by atoms with Crippen molar-refractivity contribution in [1.29, 1.82) is 0 Å². The third kappa shape index (κ3) is 4.29. The molecule has 5 heteroatoms. The maximum atomic E-state index is 12.9. The van der Waals surface area contributed by atoms with Crippen LogP contribution in [0.2, 0.25) is 0 Å². The highest BCUT2D eigenvalue weighted by Crippen LogP contribution is 2.34. The van der Waals surface area contributed by atoms with Gasteiger partial charge in [0.2, 0.25) is 5.91 Å². The number of benzene rings is 3. The first-order valence-electron chi connectivity index (χ1n) is 9.61. The van der Waals surface area contributed by atoms with E-state index < -0.39 is 12.1 Å². The Hall–Kier alpha value is -3.36. The molecule has 4 rings (SSSR count). The molecular weight excluding hydrogens is 440 g/mol. The maximum Gasteiger partial charge on any atom is 0.253 e. The van der Waals surface area contributed by atoms with Crippen LogP contribution in [-0.2, 0) is 16.0 Å². The predicted octanol–water partition coefficient (Wildman–Crippen LogP) is 3.94. The number of hydrogen-bond acceptors (Lipinski definition) is 2. The van der Waals surface area contributed by atoms with Crippen LogP contribution in [0.5, 0.6) is 0 Å². The molecule has 0 bridgehead atoms. The third-order valence-corrected chi connectivity index (χ3v) is 5.54. The fraction of sp³-hybridized carbons (Fsp3) is 0.120. The van der Waals surface area contributed by atoms with Crippen LogP contribution in [0.15, 0.2) is 89.4 Å². The average Bonchev–Trinajstić information content (AvgIpc) is 2.77. The molecule has 1 saturated heterocycles. The molecule has 148 valence electrons. The summed E-state index contributed by atoms with van der Waals surface area (Å²) in [7, 11) is 0. The summed E-state index contributed by atoms with van der Waals surface area (Å²) in [6.45, 7) is 0. The zero-order valence-electron chi connectivity index (χ0n) is 16.1. The summed E-state index contributed by atoms with van der Waals surface area (Å²) in [5.74, 6) is 5.94. The number of nitrogens with zero attached hydrogens (tertiary/aromatic N) is 1. The minimum absolute atomic E-state index is 0.171. The van der Waals surface area contributed by atoms with Gasteiger partial charge in [0, 0.05) is 10.0 Å². The number of β-lactam (4-membered cyclic amide) rings is 1. The van der Waals surface area contributed by atoms with Crippen molar-refractivity contribution in [1.82, 2.24) is 5.32 Å². The summed E-state index contributed by atoms with van der Waals surface area (Å²) in [4.78, 5) is 27.1. The largest absolute Gasteiger partial charge is 0.341 e. The minimum atomic E-state index is -0.676. The van der Waals surface area contributed by atoms with Crippen LogP contribution >= 0.6 is 15.9 Å². The Balaban J connectivity index is 1.57. The van der Waals surface area contributed by atoms with Crippen molar-refractivity contribution in [2.75, 3.05) is 4.90 Å². The van der Waals surface area contributed by atoms with E-state index in [2.05, 4.69) is 33.1 Å². The summed E-state index contributed by atoms with van der Waals surface area (Å²) >= 11 is 3.51. The second kappa shape index (κ2) is 8.98. The molecule has 1 heterocycles. The van der Waals surface area contributed by atoms with Crippen LogP contribution in [0.3, 0.4) is 0 Å². The highest BCUT2D eigenvalue weighted by atomic mass is 79.9. The van der Waals surface area contributed by atoms with E-state index in [1.165, 1.54) is 0 Å². The fourth-order valence-corrected chi connectivity index (χ4v) is 3.85. The molecule has 30 heavy (non-hydrogen) atoms. The van der Waals surface area contributed by atoms with Crippen molar-refractivity contribution in [3.05, 3.63) is 101 Å². The van der Waals surface area contributed by atoms with Crippen molar-refractivity contribution in [3.8, 4) is 11.8 Å². The predicted molar refractivity (Wildman–Crippen MR) is 121 cm³/mol. The Bertz CT molecular complexity index is 1120. The van der Waals surface area contributed by atoms with Crippen LogP contribution in [0.1, 0.15) is 11.1 Å². The van der Waals surface area contributed by atoms with Gasteiger partial charge in [-0.3, -0.25) is 14.5 Å². The number of carbonyl (C=O) groups excluding carboxylic acids is 2. The van der Waals surface area contributed by atoms with Gasteiger partial charge in [-0.25, -0.2) is 0 Å². The Morgan fingerprint density at radius 2 is 1.57 bits per heavy atom. The molecule has 0 radical (unpaired) electrons. The SMILES string of the molecule is O=C(Cc1ccccc1)N[C@@H]1C(=O)N(c2ccccc2Br)[C@@H]1C#Cc1ccccc1. The molecule has 1 N–H and O–H groups in total. The Labute approximate surface area is 184 Å². The highest BCUT2D eigenvalue weighted by Gasteiger charge is 2.48. The zero-order chi connectivity index (χ0) is 20.9. The lowest BCUT2D eigenvalue weighted by atomic mass is 9.93. The quantitative estimate of drug-likeness (QED) is 0.475. The van der Waals surface area contributed by atoms with E-state index in [-0.39, 0.29) is 18.2 Å². The molecule has 1 fully saturated rings. The molecule has 0 spiro atoms. The summed E-state index contributed by atoms with van der Waals surface area (Å²) in [6, 6.07) is 25.4. The molecule has 2 atom stereocenters. The van der Waals surface area contributed by atoms with Crippen LogP contribution in [0.4, 0.5) is 5.69 Å². The lowest BCUT2D eigenvalue weighted by molar-refractivity contribution is -0.131. The van der Waals surface area contributed by atoms with Crippen molar-refractivity contribution in [3.63, 3.8) is 0 Å². The summed E-state index contributed by atoms with van der Waals surface area (Å²) in [6.07, 6.45) is 0.221. The van der Waals surface area contributed by atoms with Gasteiger partial charge in [0.05, 0.1) is 12.1 Å². The van der Waals surface area contributed by atoms with Gasteiger partial charge in [0.15, 0.2) is 0 Å². The monoisotopic (exact) mass is 458 g/mol. The average molecular weight is 459 g/mol. The smallest absolute Gasteiger partial charge is 0.253 e. The molecule has 0 aromatic heterocycles. The van der Waals surface area contributed by atoms with E-state index in [9.17, 15) is 9.59 Å². The third-order valence-electron chi connectivity index (χ3n) is 4.87. The van der Waals surface area contributed by atoms with Gasteiger partial charge in [-0.15, -0.1) is 0 Å². The zero-order valence-corrected chi connectivity index (χ0v) is 17.7. The standard InChI is InChI=1S/C25H19BrN2O2/c26-20-13-7-8-14-21(20)28-22(16-15-18-9-3-1-4-10-18)24(25(28)30)27-23(29)17-19-11-5-2-6-12-19/h1-14,22,24H,17H2,(H,27,29)/t22-,24+/m1/s1. The topological polar surface area (TPSA) is 49.4 Å². The number of amides is 2. The number of rotatable bonds is 4. The van der Waals surface area contributed by atoms with Crippen LogP contribution < -0.4 is 10.2 Å². The summed E-state index contributed by atoms with van der Waals surface area (Å²) in [5, 5.41) is 2.87. The van der Waals surface area contributed by atoms with Gasteiger partial charge >= 0.3 is 0 Å². The molecule has 1 aliphatic rings. The van der Waals surface area contributed by atoms with Gasteiger partial charge in [-0.05, 0) is 45.8 Å². The highest BCUT2D eigenvalue weighted by molar-refractivity contribution is 9.10. The molecule has 1 aliphatic heterocycles. The van der Waals surface area contributed by atoms with E-state index in [1.54, 1.807) is 4.90 Å². The van der Waals surface area contributed by atoms with E-state index in [0.29, 0.717) is 0 Å². The number of para-hydroxylation sites is 1. The molecule has 0 saturated carbocycles. The molecule has 0 aliphatic carbocycles. The molecular formula is C25H19BrN2O2. The molecule has 3 aromatic carbocycles. The summed E-state index contributed by atoms with van der Waals surface area (Å²) in [5.41, 5.74) is 2.50. The van der Waals surface area contributed by atoms with Crippen LogP contribution in [0.25, 0.3) is 0 Å². The number of hydrogen-bond donors (Lipinski definition) is 1. The van der Waals surface area contributed by atoms with Gasteiger partial charge in [-0.2, -0.15) is 0 Å². The molecule has 2 amide bonds.